The van der Waals surface area contributed by atoms with Gasteiger partial charge in [-0.3, -0.25) is 9.89 Å². The molecule has 0 spiro atoms. The molecule has 1 amide bonds. The Bertz CT molecular complexity index is 633. The zero-order chi connectivity index (χ0) is 15.4. The summed E-state index contributed by atoms with van der Waals surface area (Å²) in [6.45, 7) is 1.42. The van der Waals surface area contributed by atoms with E-state index in [0.29, 0.717) is 30.5 Å². The van der Waals surface area contributed by atoms with Gasteiger partial charge in [-0.2, -0.15) is 5.10 Å². The lowest BCUT2D eigenvalue weighted by molar-refractivity contribution is -0.142. The van der Waals surface area contributed by atoms with Gasteiger partial charge in [-0.1, -0.05) is 23.7 Å². The van der Waals surface area contributed by atoms with Crippen molar-refractivity contribution in [2.24, 2.45) is 0 Å². The highest BCUT2D eigenvalue weighted by Gasteiger charge is 2.29. The van der Waals surface area contributed by atoms with Crippen LogP contribution >= 0.6 is 11.6 Å². The maximum atomic E-state index is 12.5. The van der Waals surface area contributed by atoms with Crippen LogP contribution in [0.5, 0.6) is 5.75 Å². The Labute approximate surface area is 133 Å². The van der Waals surface area contributed by atoms with Crippen LogP contribution in [-0.4, -0.2) is 47.4 Å². The minimum absolute atomic E-state index is 0.0611. The summed E-state index contributed by atoms with van der Waals surface area (Å²) >= 11 is 6.02. The van der Waals surface area contributed by atoms with Crippen LogP contribution in [0.15, 0.2) is 36.5 Å². The molecule has 1 aliphatic rings. The molecule has 1 aromatic heterocycles. The first kappa shape index (κ1) is 14.9. The molecule has 7 heteroatoms. The number of H-pyrrole nitrogens is 1. The van der Waals surface area contributed by atoms with Gasteiger partial charge in [0.25, 0.3) is 5.91 Å². The van der Waals surface area contributed by atoms with Crippen molar-refractivity contribution in [3.63, 3.8) is 0 Å². The molecule has 0 radical (unpaired) electrons. The van der Waals surface area contributed by atoms with Crippen molar-refractivity contribution in [1.29, 1.82) is 0 Å². The van der Waals surface area contributed by atoms with E-state index in [-0.39, 0.29) is 18.6 Å². The van der Waals surface area contributed by atoms with E-state index in [4.69, 9.17) is 21.1 Å². The van der Waals surface area contributed by atoms with Crippen molar-refractivity contribution in [2.75, 3.05) is 26.4 Å². The molecule has 1 aromatic carbocycles. The SMILES string of the molecule is O=C(COc1ccccc1Cl)N1CCOC[C@@H]1c1ccn[nH]1. The normalized spacial score (nSPS) is 18.2. The predicted octanol–water partition coefficient (Wildman–Crippen LogP) is 2.04. The van der Waals surface area contributed by atoms with Crippen molar-refractivity contribution in [3.8, 4) is 5.75 Å². The van der Waals surface area contributed by atoms with Crippen LogP contribution < -0.4 is 4.74 Å². The zero-order valence-corrected chi connectivity index (χ0v) is 12.6. The number of halogens is 1. The molecule has 1 atom stereocenters. The van der Waals surface area contributed by atoms with Crippen molar-refractivity contribution >= 4 is 17.5 Å². The van der Waals surface area contributed by atoms with Crippen LogP contribution in [0, 0.1) is 0 Å². The Kier molecular flexibility index (Phi) is 4.60. The highest BCUT2D eigenvalue weighted by atomic mass is 35.5. The third-order valence-electron chi connectivity index (χ3n) is 3.52. The summed E-state index contributed by atoms with van der Waals surface area (Å²) in [4.78, 5) is 14.2. The first-order valence-corrected chi connectivity index (χ1v) is 7.37. The van der Waals surface area contributed by atoms with E-state index >= 15 is 0 Å². The molecular weight excluding hydrogens is 306 g/mol. The fourth-order valence-electron chi connectivity index (χ4n) is 2.40. The van der Waals surface area contributed by atoms with Gasteiger partial charge < -0.3 is 14.4 Å². The van der Waals surface area contributed by atoms with Crippen LogP contribution in [-0.2, 0) is 9.53 Å². The number of amides is 1. The molecule has 0 saturated carbocycles. The molecule has 2 heterocycles. The van der Waals surface area contributed by atoms with Crippen LogP contribution in [0.4, 0.5) is 0 Å². The summed E-state index contributed by atoms with van der Waals surface area (Å²) < 4.78 is 11.0. The molecule has 6 nitrogen and oxygen atoms in total. The second kappa shape index (κ2) is 6.81. The quantitative estimate of drug-likeness (QED) is 0.935. The molecular formula is C15H16ClN3O3. The Hall–Kier alpha value is -2.05. The summed E-state index contributed by atoms with van der Waals surface area (Å²) in [6.07, 6.45) is 1.66. The van der Waals surface area contributed by atoms with Gasteiger partial charge in [0.15, 0.2) is 6.61 Å². The lowest BCUT2D eigenvalue weighted by atomic mass is 10.1. The lowest BCUT2D eigenvalue weighted by Gasteiger charge is -2.34. The Morgan fingerprint density at radius 3 is 3.09 bits per heavy atom. The minimum Gasteiger partial charge on any atom is -0.482 e. The third kappa shape index (κ3) is 3.23. The summed E-state index contributed by atoms with van der Waals surface area (Å²) in [7, 11) is 0. The Morgan fingerprint density at radius 2 is 2.32 bits per heavy atom. The summed E-state index contributed by atoms with van der Waals surface area (Å²) in [5.41, 5.74) is 0.853. The van der Waals surface area contributed by atoms with E-state index in [1.165, 1.54) is 0 Å². The lowest BCUT2D eigenvalue weighted by Crippen LogP contribution is -2.45. The minimum atomic E-state index is -0.168. The van der Waals surface area contributed by atoms with Gasteiger partial charge in [0, 0.05) is 12.7 Å². The molecule has 1 fully saturated rings. The van der Waals surface area contributed by atoms with Crippen molar-refractivity contribution in [2.45, 2.75) is 6.04 Å². The van der Waals surface area contributed by atoms with E-state index < -0.39 is 0 Å². The molecule has 0 aliphatic carbocycles. The number of carbonyl (C=O) groups excluding carboxylic acids is 1. The Morgan fingerprint density at radius 1 is 1.45 bits per heavy atom. The van der Waals surface area contributed by atoms with Gasteiger partial charge in [0.05, 0.1) is 30.0 Å². The maximum absolute atomic E-state index is 12.5. The fraction of sp³-hybridized carbons (Fsp3) is 0.333. The number of para-hydroxylation sites is 1. The molecule has 2 aromatic rings. The van der Waals surface area contributed by atoms with Crippen molar-refractivity contribution < 1.29 is 14.3 Å². The first-order chi connectivity index (χ1) is 10.8. The molecule has 0 unspecified atom stereocenters. The summed E-state index contributed by atoms with van der Waals surface area (Å²) in [5.74, 6) is 0.395. The van der Waals surface area contributed by atoms with E-state index in [1.54, 1.807) is 23.2 Å². The summed E-state index contributed by atoms with van der Waals surface area (Å²) in [6, 6.07) is 8.76. The van der Waals surface area contributed by atoms with Crippen LogP contribution in [0.3, 0.4) is 0 Å². The molecule has 3 rings (SSSR count). The van der Waals surface area contributed by atoms with Gasteiger partial charge in [0.1, 0.15) is 5.75 Å². The Balaban J connectivity index is 1.66. The number of carbonyl (C=O) groups is 1. The highest BCUT2D eigenvalue weighted by molar-refractivity contribution is 6.32. The number of hydrogen-bond acceptors (Lipinski definition) is 4. The van der Waals surface area contributed by atoms with Gasteiger partial charge in [-0.15, -0.1) is 0 Å². The molecule has 1 N–H and O–H groups in total. The van der Waals surface area contributed by atoms with E-state index in [1.807, 2.05) is 18.2 Å². The van der Waals surface area contributed by atoms with E-state index in [0.717, 1.165) is 5.69 Å². The molecule has 0 bridgehead atoms. The van der Waals surface area contributed by atoms with Crippen molar-refractivity contribution in [1.82, 2.24) is 15.1 Å². The van der Waals surface area contributed by atoms with Gasteiger partial charge in [-0.25, -0.2) is 0 Å². The number of aromatic amines is 1. The zero-order valence-electron chi connectivity index (χ0n) is 11.9. The van der Waals surface area contributed by atoms with Crippen LogP contribution in [0.1, 0.15) is 11.7 Å². The number of aromatic nitrogens is 2. The van der Waals surface area contributed by atoms with Gasteiger partial charge in [0.2, 0.25) is 0 Å². The van der Waals surface area contributed by atoms with Gasteiger partial charge >= 0.3 is 0 Å². The molecule has 1 saturated heterocycles. The second-order valence-corrected chi connectivity index (χ2v) is 5.32. The number of benzene rings is 1. The standard InChI is InChI=1S/C15H16ClN3O3/c16-11-3-1-2-4-14(11)22-10-15(20)19-7-8-21-9-13(19)12-5-6-17-18-12/h1-6,13H,7-10H2,(H,17,18)/t13-/m1/s1. The van der Waals surface area contributed by atoms with Crippen LogP contribution in [0.25, 0.3) is 0 Å². The average molecular weight is 322 g/mol. The predicted molar refractivity (Wildman–Crippen MR) is 80.8 cm³/mol. The molecule has 22 heavy (non-hydrogen) atoms. The maximum Gasteiger partial charge on any atom is 0.261 e. The number of morpholine rings is 1. The van der Waals surface area contributed by atoms with Crippen LogP contribution in [0.2, 0.25) is 5.02 Å². The topological polar surface area (TPSA) is 67.4 Å². The molecule has 116 valence electrons. The number of ether oxygens (including phenoxy) is 2. The van der Waals surface area contributed by atoms with E-state index in [2.05, 4.69) is 10.2 Å². The number of nitrogens with zero attached hydrogens (tertiary/aromatic N) is 2. The third-order valence-corrected chi connectivity index (χ3v) is 3.83. The molecule has 1 aliphatic heterocycles. The van der Waals surface area contributed by atoms with Gasteiger partial charge in [-0.05, 0) is 18.2 Å². The number of rotatable bonds is 4. The number of hydrogen-bond donors (Lipinski definition) is 1. The fourth-order valence-corrected chi connectivity index (χ4v) is 2.59. The highest BCUT2D eigenvalue weighted by Crippen LogP contribution is 2.25. The summed E-state index contributed by atoms with van der Waals surface area (Å²) in [5, 5.41) is 7.31. The largest absolute Gasteiger partial charge is 0.482 e. The monoisotopic (exact) mass is 321 g/mol. The smallest absolute Gasteiger partial charge is 0.261 e. The second-order valence-electron chi connectivity index (χ2n) is 4.91. The van der Waals surface area contributed by atoms with Crippen molar-refractivity contribution in [3.05, 3.63) is 47.2 Å². The first-order valence-electron chi connectivity index (χ1n) is 6.99. The number of nitrogens with one attached hydrogen (secondary N) is 1. The van der Waals surface area contributed by atoms with E-state index in [9.17, 15) is 4.79 Å². The average Bonchev–Trinajstić information content (AvgIpc) is 3.08.